The number of hydrogen-bond acceptors (Lipinski definition) is 3. The van der Waals surface area contributed by atoms with Gasteiger partial charge in [-0.1, -0.05) is 18.2 Å². The monoisotopic (exact) mass is 261 g/mol. The quantitative estimate of drug-likeness (QED) is 0.869. The second-order valence-electron chi connectivity index (χ2n) is 3.96. The van der Waals surface area contributed by atoms with Crippen LogP contribution < -0.4 is 5.32 Å². The average molecular weight is 261 g/mol. The highest BCUT2D eigenvalue weighted by molar-refractivity contribution is 7.12. The number of aliphatic hydroxyl groups is 1. The number of amides is 1. The molecule has 0 spiro atoms. The average Bonchev–Trinajstić information content (AvgIpc) is 2.91. The molecule has 0 atom stereocenters. The topological polar surface area (TPSA) is 49.3 Å². The van der Waals surface area contributed by atoms with Crippen molar-refractivity contribution in [2.75, 3.05) is 11.9 Å². The van der Waals surface area contributed by atoms with Crippen molar-refractivity contribution >= 4 is 22.9 Å². The Morgan fingerprint density at radius 3 is 2.89 bits per heavy atom. The molecular weight excluding hydrogens is 246 g/mol. The van der Waals surface area contributed by atoms with Crippen LogP contribution in [0.4, 0.5) is 5.69 Å². The Balaban J connectivity index is 2.03. The van der Waals surface area contributed by atoms with E-state index in [9.17, 15) is 4.79 Å². The van der Waals surface area contributed by atoms with Gasteiger partial charge < -0.3 is 10.4 Å². The summed E-state index contributed by atoms with van der Waals surface area (Å²) in [6.45, 7) is 0.186. The van der Waals surface area contributed by atoms with E-state index in [-0.39, 0.29) is 12.5 Å². The number of anilines is 1. The fourth-order valence-electron chi connectivity index (χ4n) is 1.69. The molecule has 0 radical (unpaired) electrons. The van der Waals surface area contributed by atoms with Crippen LogP contribution in [-0.2, 0) is 6.42 Å². The van der Waals surface area contributed by atoms with Gasteiger partial charge in [0.1, 0.15) is 0 Å². The molecule has 1 aromatic heterocycles. The second-order valence-corrected chi connectivity index (χ2v) is 4.91. The van der Waals surface area contributed by atoms with Gasteiger partial charge in [0, 0.05) is 12.3 Å². The summed E-state index contributed by atoms with van der Waals surface area (Å²) in [6, 6.07) is 11.4. The number of hydrogen-bond donors (Lipinski definition) is 2. The molecule has 1 heterocycles. The van der Waals surface area contributed by atoms with Gasteiger partial charge in [0.15, 0.2) is 0 Å². The van der Waals surface area contributed by atoms with Crippen molar-refractivity contribution in [3.63, 3.8) is 0 Å². The summed E-state index contributed by atoms with van der Waals surface area (Å²) >= 11 is 1.42. The third-order valence-electron chi connectivity index (χ3n) is 2.55. The van der Waals surface area contributed by atoms with Crippen molar-refractivity contribution in [1.29, 1.82) is 0 Å². The smallest absolute Gasteiger partial charge is 0.265 e. The van der Waals surface area contributed by atoms with E-state index in [0.717, 1.165) is 24.1 Å². The molecule has 0 aliphatic heterocycles. The first-order valence-corrected chi connectivity index (χ1v) is 6.72. The molecule has 0 aliphatic carbocycles. The van der Waals surface area contributed by atoms with Crippen molar-refractivity contribution in [3.8, 4) is 0 Å². The fraction of sp³-hybridized carbons (Fsp3) is 0.214. The predicted octanol–water partition coefficient (Wildman–Crippen LogP) is 2.93. The fourth-order valence-corrected chi connectivity index (χ4v) is 2.31. The first kappa shape index (κ1) is 12.8. The lowest BCUT2D eigenvalue weighted by Crippen LogP contribution is -2.10. The van der Waals surface area contributed by atoms with Crippen LogP contribution in [-0.4, -0.2) is 17.6 Å². The maximum absolute atomic E-state index is 11.9. The number of aryl methyl sites for hydroxylation is 1. The van der Waals surface area contributed by atoms with E-state index >= 15 is 0 Å². The van der Waals surface area contributed by atoms with Crippen LogP contribution in [0.15, 0.2) is 41.8 Å². The standard InChI is InChI=1S/C14H15NO2S/c16-8-2-5-11-4-1-6-12(10-11)15-14(17)13-7-3-9-18-13/h1,3-4,6-7,9-10,16H,2,5,8H2,(H,15,17). The number of benzene rings is 1. The normalized spacial score (nSPS) is 10.3. The van der Waals surface area contributed by atoms with E-state index in [0.29, 0.717) is 4.88 Å². The minimum atomic E-state index is -0.0793. The van der Waals surface area contributed by atoms with Crippen molar-refractivity contribution in [2.45, 2.75) is 12.8 Å². The number of nitrogens with one attached hydrogen (secondary N) is 1. The van der Waals surface area contributed by atoms with Gasteiger partial charge >= 0.3 is 0 Å². The van der Waals surface area contributed by atoms with E-state index in [1.165, 1.54) is 11.3 Å². The predicted molar refractivity (Wildman–Crippen MR) is 74.1 cm³/mol. The van der Waals surface area contributed by atoms with Crippen molar-refractivity contribution < 1.29 is 9.90 Å². The minimum Gasteiger partial charge on any atom is -0.396 e. The molecule has 18 heavy (non-hydrogen) atoms. The van der Waals surface area contributed by atoms with E-state index in [2.05, 4.69) is 5.32 Å². The third-order valence-corrected chi connectivity index (χ3v) is 3.42. The summed E-state index contributed by atoms with van der Waals surface area (Å²) in [7, 11) is 0. The molecule has 3 nitrogen and oxygen atoms in total. The highest BCUT2D eigenvalue weighted by atomic mass is 32.1. The Morgan fingerprint density at radius 2 is 2.17 bits per heavy atom. The van der Waals surface area contributed by atoms with Crippen LogP contribution in [0.3, 0.4) is 0 Å². The van der Waals surface area contributed by atoms with Gasteiger partial charge in [-0.3, -0.25) is 4.79 Å². The summed E-state index contributed by atoms with van der Waals surface area (Å²) in [6.07, 6.45) is 1.56. The van der Waals surface area contributed by atoms with Crippen LogP contribution in [0.25, 0.3) is 0 Å². The lowest BCUT2D eigenvalue weighted by molar-refractivity contribution is 0.103. The molecule has 4 heteroatoms. The zero-order valence-electron chi connectivity index (χ0n) is 9.93. The zero-order valence-corrected chi connectivity index (χ0v) is 10.7. The van der Waals surface area contributed by atoms with Crippen LogP contribution >= 0.6 is 11.3 Å². The zero-order chi connectivity index (χ0) is 12.8. The van der Waals surface area contributed by atoms with E-state index < -0.39 is 0 Å². The lowest BCUT2D eigenvalue weighted by Gasteiger charge is -2.06. The van der Waals surface area contributed by atoms with Gasteiger partial charge in [-0.15, -0.1) is 11.3 Å². The van der Waals surface area contributed by atoms with Gasteiger partial charge in [0.2, 0.25) is 0 Å². The molecule has 0 fully saturated rings. The van der Waals surface area contributed by atoms with E-state index in [4.69, 9.17) is 5.11 Å². The first-order valence-electron chi connectivity index (χ1n) is 5.84. The molecular formula is C14H15NO2S. The summed E-state index contributed by atoms with van der Waals surface area (Å²) in [5.74, 6) is -0.0793. The Hall–Kier alpha value is -1.65. The van der Waals surface area contributed by atoms with E-state index in [1.54, 1.807) is 6.07 Å². The number of aliphatic hydroxyl groups excluding tert-OH is 1. The number of carbonyl (C=O) groups excluding carboxylic acids is 1. The molecule has 0 bridgehead atoms. The SMILES string of the molecule is O=C(Nc1cccc(CCCO)c1)c1cccs1. The first-order chi connectivity index (χ1) is 8.79. The van der Waals surface area contributed by atoms with Crippen molar-refractivity contribution in [1.82, 2.24) is 0 Å². The largest absolute Gasteiger partial charge is 0.396 e. The van der Waals surface area contributed by atoms with Gasteiger partial charge in [0.05, 0.1) is 4.88 Å². The Labute approximate surface area is 110 Å². The van der Waals surface area contributed by atoms with Gasteiger partial charge in [-0.05, 0) is 42.0 Å². The van der Waals surface area contributed by atoms with Gasteiger partial charge in [0.25, 0.3) is 5.91 Å². The molecule has 1 amide bonds. The second kappa shape index (κ2) is 6.33. The molecule has 94 valence electrons. The van der Waals surface area contributed by atoms with Crippen LogP contribution in [0.1, 0.15) is 21.7 Å². The molecule has 2 N–H and O–H groups in total. The van der Waals surface area contributed by atoms with Crippen LogP contribution in [0.5, 0.6) is 0 Å². The van der Waals surface area contributed by atoms with Crippen molar-refractivity contribution in [2.24, 2.45) is 0 Å². The molecule has 0 aliphatic rings. The number of rotatable bonds is 5. The highest BCUT2D eigenvalue weighted by Gasteiger charge is 2.06. The Morgan fingerprint density at radius 1 is 1.28 bits per heavy atom. The summed E-state index contributed by atoms with van der Waals surface area (Å²) in [4.78, 5) is 12.6. The summed E-state index contributed by atoms with van der Waals surface area (Å²) in [5.41, 5.74) is 1.91. The highest BCUT2D eigenvalue weighted by Crippen LogP contribution is 2.15. The molecule has 2 rings (SSSR count). The van der Waals surface area contributed by atoms with Crippen LogP contribution in [0, 0.1) is 0 Å². The van der Waals surface area contributed by atoms with E-state index in [1.807, 2.05) is 35.7 Å². The molecule has 1 aromatic carbocycles. The Kier molecular flexibility index (Phi) is 4.50. The number of carbonyl (C=O) groups is 1. The van der Waals surface area contributed by atoms with Gasteiger partial charge in [-0.25, -0.2) is 0 Å². The van der Waals surface area contributed by atoms with Crippen molar-refractivity contribution in [3.05, 3.63) is 52.2 Å². The maximum Gasteiger partial charge on any atom is 0.265 e. The van der Waals surface area contributed by atoms with Crippen LogP contribution in [0.2, 0.25) is 0 Å². The molecule has 2 aromatic rings. The number of thiophene rings is 1. The Bertz CT molecular complexity index is 508. The third kappa shape index (κ3) is 3.42. The summed E-state index contributed by atoms with van der Waals surface area (Å²) < 4.78 is 0. The summed E-state index contributed by atoms with van der Waals surface area (Å²) in [5, 5.41) is 13.6. The minimum absolute atomic E-state index is 0.0793. The molecule has 0 unspecified atom stereocenters. The molecule has 0 saturated carbocycles. The molecule has 0 saturated heterocycles. The maximum atomic E-state index is 11.9. The lowest BCUT2D eigenvalue weighted by atomic mass is 10.1. The van der Waals surface area contributed by atoms with Gasteiger partial charge in [-0.2, -0.15) is 0 Å².